The van der Waals surface area contributed by atoms with Gasteiger partial charge in [0.15, 0.2) is 0 Å². The molecule has 1 saturated carbocycles. The number of rotatable bonds is 4. The Morgan fingerprint density at radius 1 is 1.19 bits per heavy atom. The predicted molar refractivity (Wildman–Crippen MR) is 67.4 cm³/mol. The molecule has 2 aliphatic rings. The lowest BCUT2D eigenvalue weighted by Crippen LogP contribution is -2.39. The average molecular weight is 225 g/mol. The van der Waals surface area contributed by atoms with E-state index in [1.807, 2.05) is 0 Å². The molecule has 2 heteroatoms. The summed E-state index contributed by atoms with van der Waals surface area (Å²) < 4.78 is 0. The van der Waals surface area contributed by atoms with Crippen LogP contribution in [0.5, 0.6) is 0 Å². The Kier molecular flexibility index (Phi) is 4.26. The summed E-state index contributed by atoms with van der Waals surface area (Å²) in [5, 5.41) is 10.0. The molecule has 0 radical (unpaired) electrons. The van der Waals surface area contributed by atoms with Crippen molar-refractivity contribution in [3.63, 3.8) is 0 Å². The van der Waals surface area contributed by atoms with Gasteiger partial charge in [0.25, 0.3) is 0 Å². The first-order valence-corrected chi connectivity index (χ1v) is 7.10. The second kappa shape index (κ2) is 5.50. The molecule has 3 unspecified atom stereocenters. The van der Waals surface area contributed by atoms with Crippen molar-refractivity contribution in [3.05, 3.63) is 0 Å². The molecule has 2 nitrogen and oxygen atoms in total. The standard InChI is InChI=1S/C14H27NO/c1-11(2)8-10-15-9-4-6-13(15)12-5-3-7-14(12)16/h11-14,16H,3-10H2,1-2H3. The molecular formula is C14H27NO. The van der Waals surface area contributed by atoms with Crippen LogP contribution in [0.4, 0.5) is 0 Å². The Hall–Kier alpha value is -0.0800. The first kappa shape index (κ1) is 12.4. The lowest BCUT2D eigenvalue weighted by Gasteiger charge is -2.31. The Morgan fingerprint density at radius 3 is 2.62 bits per heavy atom. The molecule has 1 saturated heterocycles. The highest BCUT2D eigenvalue weighted by molar-refractivity contribution is 4.91. The normalized spacial score (nSPS) is 36.4. The topological polar surface area (TPSA) is 23.5 Å². The molecule has 0 aromatic heterocycles. The van der Waals surface area contributed by atoms with E-state index in [2.05, 4.69) is 18.7 Å². The summed E-state index contributed by atoms with van der Waals surface area (Å²) >= 11 is 0. The number of nitrogens with zero attached hydrogens (tertiary/aromatic N) is 1. The molecule has 0 aromatic carbocycles. The minimum atomic E-state index is -0.00958. The molecular weight excluding hydrogens is 198 g/mol. The zero-order valence-corrected chi connectivity index (χ0v) is 10.9. The first-order valence-electron chi connectivity index (χ1n) is 7.10. The molecule has 94 valence electrons. The van der Waals surface area contributed by atoms with Gasteiger partial charge in [-0.3, -0.25) is 0 Å². The Labute approximate surface area is 100 Å². The summed E-state index contributed by atoms with van der Waals surface area (Å²) in [6.45, 7) is 7.11. The van der Waals surface area contributed by atoms with Crippen molar-refractivity contribution in [1.29, 1.82) is 0 Å². The van der Waals surface area contributed by atoms with E-state index in [1.54, 1.807) is 0 Å². The van der Waals surface area contributed by atoms with Crippen molar-refractivity contribution in [2.75, 3.05) is 13.1 Å². The molecule has 16 heavy (non-hydrogen) atoms. The number of hydrogen-bond acceptors (Lipinski definition) is 2. The van der Waals surface area contributed by atoms with Gasteiger partial charge in [0.1, 0.15) is 0 Å². The van der Waals surface area contributed by atoms with E-state index >= 15 is 0 Å². The highest BCUT2D eigenvalue weighted by atomic mass is 16.3. The van der Waals surface area contributed by atoms with Crippen LogP contribution < -0.4 is 0 Å². The highest BCUT2D eigenvalue weighted by Gasteiger charge is 2.37. The summed E-state index contributed by atoms with van der Waals surface area (Å²) in [5.74, 6) is 1.38. The van der Waals surface area contributed by atoms with Crippen LogP contribution in [0, 0.1) is 11.8 Å². The zero-order chi connectivity index (χ0) is 11.5. The summed E-state index contributed by atoms with van der Waals surface area (Å²) in [4.78, 5) is 2.65. The molecule has 2 rings (SSSR count). The van der Waals surface area contributed by atoms with Crippen LogP contribution in [0.2, 0.25) is 0 Å². The van der Waals surface area contributed by atoms with Gasteiger partial charge in [-0.2, -0.15) is 0 Å². The molecule has 2 fully saturated rings. The van der Waals surface area contributed by atoms with E-state index in [1.165, 1.54) is 45.2 Å². The predicted octanol–water partition coefficient (Wildman–Crippen LogP) is 2.66. The number of likely N-dealkylation sites (tertiary alicyclic amines) is 1. The molecule has 0 aromatic rings. The third kappa shape index (κ3) is 2.78. The fourth-order valence-corrected chi connectivity index (χ4v) is 3.46. The SMILES string of the molecule is CC(C)CCN1CCCC1C1CCCC1O. The Morgan fingerprint density at radius 2 is 2.00 bits per heavy atom. The minimum absolute atomic E-state index is 0.00958. The second-order valence-electron chi connectivity index (χ2n) is 6.09. The van der Waals surface area contributed by atoms with E-state index in [-0.39, 0.29) is 6.10 Å². The highest BCUT2D eigenvalue weighted by Crippen LogP contribution is 2.35. The smallest absolute Gasteiger partial charge is 0.0583 e. The summed E-state index contributed by atoms with van der Waals surface area (Å²) in [5.41, 5.74) is 0. The lowest BCUT2D eigenvalue weighted by atomic mass is 9.94. The number of aliphatic hydroxyl groups is 1. The van der Waals surface area contributed by atoms with Crippen molar-refractivity contribution in [2.24, 2.45) is 11.8 Å². The van der Waals surface area contributed by atoms with Gasteiger partial charge in [0, 0.05) is 12.0 Å². The van der Waals surface area contributed by atoms with E-state index in [9.17, 15) is 5.11 Å². The van der Waals surface area contributed by atoms with Crippen LogP contribution in [-0.2, 0) is 0 Å². The van der Waals surface area contributed by atoms with E-state index in [4.69, 9.17) is 0 Å². The molecule has 1 heterocycles. The fourth-order valence-electron chi connectivity index (χ4n) is 3.46. The maximum atomic E-state index is 10.0. The van der Waals surface area contributed by atoms with Gasteiger partial charge in [-0.15, -0.1) is 0 Å². The van der Waals surface area contributed by atoms with Crippen LogP contribution in [0.1, 0.15) is 52.4 Å². The van der Waals surface area contributed by atoms with E-state index < -0.39 is 0 Å². The Bertz CT molecular complexity index is 217. The van der Waals surface area contributed by atoms with Crippen molar-refractivity contribution < 1.29 is 5.11 Å². The zero-order valence-electron chi connectivity index (χ0n) is 10.9. The monoisotopic (exact) mass is 225 g/mol. The van der Waals surface area contributed by atoms with Gasteiger partial charge < -0.3 is 10.0 Å². The summed E-state index contributed by atoms with van der Waals surface area (Å²) in [6, 6.07) is 0.691. The van der Waals surface area contributed by atoms with Gasteiger partial charge in [-0.05, 0) is 51.1 Å². The molecule has 0 spiro atoms. The molecule has 1 aliphatic heterocycles. The van der Waals surface area contributed by atoms with Crippen molar-refractivity contribution >= 4 is 0 Å². The van der Waals surface area contributed by atoms with Gasteiger partial charge in [0.2, 0.25) is 0 Å². The number of hydrogen-bond donors (Lipinski definition) is 1. The van der Waals surface area contributed by atoms with Crippen molar-refractivity contribution in [1.82, 2.24) is 4.90 Å². The molecule has 0 bridgehead atoms. The quantitative estimate of drug-likeness (QED) is 0.795. The van der Waals surface area contributed by atoms with Crippen LogP contribution in [0.15, 0.2) is 0 Å². The largest absolute Gasteiger partial charge is 0.393 e. The van der Waals surface area contributed by atoms with Crippen molar-refractivity contribution in [2.45, 2.75) is 64.5 Å². The van der Waals surface area contributed by atoms with Crippen LogP contribution >= 0.6 is 0 Å². The van der Waals surface area contributed by atoms with E-state index in [0.29, 0.717) is 12.0 Å². The molecule has 3 atom stereocenters. The first-order chi connectivity index (χ1) is 7.68. The molecule has 1 N–H and O–H groups in total. The maximum Gasteiger partial charge on any atom is 0.0583 e. The van der Waals surface area contributed by atoms with Crippen LogP contribution in [0.3, 0.4) is 0 Å². The Balaban J connectivity index is 1.87. The van der Waals surface area contributed by atoms with Gasteiger partial charge >= 0.3 is 0 Å². The minimum Gasteiger partial charge on any atom is -0.393 e. The maximum absolute atomic E-state index is 10.0. The number of aliphatic hydroxyl groups excluding tert-OH is 1. The van der Waals surface area contributed by atoms with Crippen molar-refractivity contribution in [3.8, 4) is 0 Å². The van der Waals surface area contributed by atoms with E-state index in [0.717, 1.165) is 12.3 Å². The van der Waals surface area contributed by atoms with Crippen LogP contribution in [0.25, 0.3) is 0 Å². The molecule has 0 amide bonds. The second-order valence-corrected chi connectivity index (χ2v) is 6.09. The van der Waals surface area contributed by atoms with Gasteiger partial charge in [-0.25, -0.2) is 0 Å². The summed E-state index contributed by atoms with van der Waals surface area (Å²) in [7, 11) is 0. The third-order valence-electron chi connectivity index (χ3n) is 4.43. The van der Waals surface area contributed by atoms with Gasteiger partial charge in [-0.1, -0.05) is 20.3 Å². The summed E-state index contributed by atoms with van der Waals surface area (Å²) in [6.07, 6.45) is 7.49. The lowest BCUT2D eigenvalue weighted by molar-refractivity contribution is 0.0730. The molecule has 1 aliphatic carbocycles. The third-order valence-corrected chi connectivity index (χ3v) is 4.43. The average Bonchev–Trinajstić information content (AvgIpc) is 2.82. The van der Waals surface area contributed by atoms with Gasteiger partial charge in [0.05, 0.1) is 6.10 Å². The fraction of sp³-hybridized carbons (Fsp3) is 1.00. The van der Waals surface area contributed by atoms with Crippen LogP contribution in [-0.4, -0.2) is 35.2 Å².